The number of thiophene rings is 1. The minimum absolute atomic E-state index is 0. The smallest absolute Gasteiger partial charge is 0.191 e. The molecular formula is C21H23IN6OS. The summed E-state index contributed by atoms with van der Waals surface area (Å²) in [6.45, 7) is 0.977. The summed E-state index contributed by atoms with van der Waals surface area (Å²) in [5.74, 6) is 1.37. The molecule has 0 spiro atoms. The largest absolute Gasteiger partial charge is 0.386 e. The Balaban J connectivity index is 0.00000256. The Hall–Kier alpha value is -2.50. The Morgan fingerprint density at radius 2 is 2.03 bits per heavy atom. The van der Waals surface area contributed by atoms with Gasteiger partial charge in [0.25, 0.3) is 0 Å². The fourth-order valence-electron chi connectivity index (χ4n) is 3.04. The van der Waals surface area contributed by atoms with E-state index >= 15 is 0 Å². The van der Waals surface area contributed by atoms with Crippen LogP contribution < -0.4 is 10.6 Å². The van der Waals surface area contributed by atoms with Gasteiger partial charge in [-0.1, -0.05) is 36.4 Å². The van der Waals surface area contributed by atoms with Crippen molar-refractivity contribution in [3.05, 3.63) is 71.4 Å². The lowest BCUT2D eigenvalue weighted by Gasteiger charge is -2.15. The van der Waals surface area contributed by atoms with E-state index in [-0.39, 0.29) is 24.0 Å². The van der Waals surface area contributed by atoms with Crippen LogP contribution in [-0.2, 0) is 6.54 Å². The average Bonchev–Trinajstić information content (AvgIpc) is 3.44. The molecule has 0 fully saturated rings. The molecule has 0 bridgehead atoms. The number of aliphatic imine (C=N–C) groups is 1. The maximum atomic E-state index is 10.5. The lowest BCUT2D eigenvalue weighted by Crippen LogP contribution is -2.38. The van der Waals surface area contributed by atoms with Crippen LogP contribution in [0.2, 0.25) is 0 Å². The molecule has 1 atom stereocenters. The number of aromatic amines is 1. The Morgan fingerprint density at radius 1 is 1.17 bits per heavy atom. The van der Waals surface area contributed by atoms with Gasteiger partial charge in [-0.3, -0.25) is 10.1 Å². The van der Waals surface area contributed by atoms with Crippen molar-refractivity contribution in [1.29, 1.82) is 0 Å². The van der Waals surface area contributed by atoms with Crippen LogP contribution in [0.3, 0.4) is 0 Å². The van der Waals surface area contributed by atoms with Crippen molar-refractivity contribution < 1.29 is 5.11 Å². The third kappa shape index (κ3) is 5.35. The highest BCUT2D eigenvalue weighted by atomic mass is 127. The summed E-state index contributed by atoms with van der Waals surface area (Å²) in [7, 11) is 1.71. The van der Waals surface area contributed by atoms with E-state index in [4.69, 9.17) is 0 Å². The number of H-pyrrole nitrogens is 1. The molecule has 9 heteroatoms. The zero-order valence-corrected chi connectivity index (χ0v) is 19.5. The zero-order chi connectivity index (χ0) is 20.1. The highest BCUT2D eigenvalue weighted by molar-refractivity contribution is 14.0. The van der Waals surface area contributed by atoms with Gasteiger partial charge in [0.15, 0.2) is 11.8 Å². The summed E-state index contributed by atoms with van der Waals surface area (Å²) in [6.07, 6.45) is 0.897. The van der Waals surface area contributed by atoms with Gasteiger partial charge in [-0.2, -0.15) is 5.10 Å². The van der Waals surface area contributed by atoms with Crippen LogP contribution >= 0.6 is 35.3 Å². The molecule has 1 unspecified atom stereocenters. The monoisotopic (exact) mass is 534 g/mol. The SMILES string of the molecule is CN=C(NCc1cccc(-c2ncn[nH]2)c1)NCC(O)c1cc2ccccc2s1.I. The van der Waals surface area contributed by atoms with E-state index < -0.39 is 6.10 Å². The number of nitrogens with one attached hydrogen (secondary N) is 3. The number of rotatable bonds is 6. The predicted octanol–water partition coefficient (Wildman–Crippen LogP) is 3.70. The first-order chi connectivity index (χ1) is 14.2. The molecule has 4 rings (SSSR count). The first kappa shape index (κ1) is 22.2. The van der Waals surface area contributed by atoms with Crippen molar-refractivity contribution >= 4 is 51.4 Å². The molecule has 156 valence electrons. The fourth-order valence-corrected chi connectivity index (χ4v) is 4.09. The topological polar surface area (TPSA) is 98.2 Å². The van der Waals surface area contributed by atoms with Crippen LogP contribution in [0, 0.1) is 0 Å². The van der Waals surface area contributed by atoms with Crippen LogP contribution in [-0.4, -0.2) is 39.8 Å². The van der Waals surface area contributed by atoms with Crippen LogP contribution in [0.1, 0.15) is 16.5 Å². The summed E-state index contributed by atoms with van der Waals surface area (Å²) in [5.41, 5.74) is 2.07. The molecule has 2 aromatic carbocycles. The second-order valence-electron chi connectivity index (χ2n) is 6.54. The molecule has 7 nitrogen and oxygen atoms in total. The predicted molar refractivity (Wildman–Crippen MR) is 132 cm³/mol. The van der Waals surface area contributed by atoms with Gasteiger partial charge in [-0.15, -0.1) is 35.3 Å². The molecular weight excluding hydrogens is 511 g/mol. The lowest BCUT2D eigenvalue weighted by atomic mass is 10.1. The van der Waals surface area contributed by atoms with Gasteiger partial charge in [0, 0.05) is 35.3 Å². The van der Waals surface area contributed by atoms with Gasteiger partial charge in [-0.25, -0.2) is 4.98 Å². The normalized spacial score (nSPS) is 12.4. The van der Waals surface area contributed by atoms with E-state index in [2.05, 4.69) is 42.9 Å². The van der Waals surface area contributed by atoms with Gasteiger partial charge in [0.1, 0.15) is 12.4 Å². The van der Waals surface area contributed by atoms with Gasteiger partial charge >= 0.3 is 0 Å². The quantitative estimate of drug-likeness (QED) is 0.172. The highest BCUT2D eigenvalue weighted by Crippen LogP contribution is 2.29. The van der Waals surface area contributed by atoms with Gasteiger partial charge in [-0.05, 0) is 29.1 Å². The molecule has 0 aliphatic carbocycles. The van der Waals surface area contributed by atoms with Crippen molar-refractivity contribution in [1.82, 2.24) is 25.8 Å². The minimum atomic E-state index is -0.597. The number of aliphatic hydroxyl groups is 1. The van der Waals surface area contributed by atoms with Crippen molar-refractivity contribution in [3.8, 4) is 11.4 Å². The van der Waals surface area contributed by atoms with Crippen LogP contribution in [0.25, 0.3) is 21.5 Å². The Bertz CT molecular complexity index is 1080. The molecule has 0 saturated heterocycles. The van der Waals surface area contributed by atoms with Crippen molar-refractivity contribution in [2.24, 2.45) is 4.99 Å². The molecule has 0 aliphatic heterocycles. The third-order valence-corrected chi connectivity index (χ3v) is 5.75. The summed E-state index contributed by atoms with van der Waals surface area (Å²) in [4.78, 5) is 9.36. The molecule has 30 heavy (non-hydrogen) atoms. The number of benzene rings is 2. The number of hydrogen-bond acceptors (Lipinski definition) is 5. The van der Waals surface area contributed by atoms with E-state index in [1.165, 1.54) is 11.0 Å². The second kappa shape index (κ2) is 10.5. The van der Waals surface area contributed by atoms with E-state index in [9.17, 15) is 5.11 Å². The standard InChI is InChI=1S/C21H22N6OS.HI/c1-22-21(23-11-14-5-4-7-16(9-14)20-25-13-26-27-20)24-12-17(28)19-10-15-6-2-3-8-18(15)29-19;/h2-10,13,17,28H,11-12H2,1H3,(H2,22,23,24)(H,25,26,27);1H. The van der Waals surface area contributed by atoms with Crippen LogP contribution in [0.4, 0.5) is 0 Å². The number of fused-ring (bicyclic) bond motifs is 1. The molecule has 4 aromatic rings. The van der Waals surface area contributed by atoms with Gasteiger partial charge in [0.2, 0.25) is 0 Å². The number of guanidine groups is 1. The van der Waals surface area contributed by atoms with Gasteiger partial charge in [0.05, 0.1) is 0 Å². The number of aromatic nitrogens is 3. The number of aliphatic hydroxyl groups excluding tert-OH is 1. The van der Waals surface area contributed by atoms with Crippen molar-refractivity contribution in [3.63, 3.8) is 0 Å². The number of nitrogens with zero attached hydrogens (tertiary/aromatic N) is 3. The van der Waals surface area contributed by atoms with E-state index in [0.29, 0.717) is 19.0 Å². The van der Waals surface area contributed by atoms with Crippen molar-refractivity contribution in [2.45, 2.75) is 12.6 Å². The van der Waals surface area contributed by atoms with E-state index in [1.54, 1.807) is 18.4 Å². The molecule has 4 N–H and O–H groups in total. The Morgan fingerprint density at radius 3 is 2.80 bits per heavy atom. The Labute approximate surface area is 195 Å². The molecule has 0 saturated carbocycles. The Kier molecular flexibility index (Phi) is 7.77. The summed E-state index contributed by atoms with van der Waals surface area (Å²) < 4.78 is 1.18. The van der Waals surface area contributed by atoms with E-state index in [0.717, 1.165) is 27.2 Å². The minimum Gasteiger partial charge on any atom is -0.386 e. The maximum absolute atomic E-state index is 10.5. The number of halogens is 1. The van der Waals surface area contributed by atoms with E-state index in [1.807, 2.05) is 42.5 Å². The molecule has 0 aliphatic rings. The summed E-state index contributed by atoms with van der Waals surface area (Å²) in [6, 6.07) is 18.2. The van der Waals surface area contributed by atoms with Crippen LogP contribution in [0.15, 0.2) is 65.9 Å². The molecule has 0 amide bonds. The van der Waals surface area contributed by atoms with Gasteiger partial charge < -0.3 is 15.7 Å². The van der Waals surface area contributed by atoms with Crippen LogP contribution in [0.5, 0.6) is 0 Å². The lowest BCUT2D eigenvalue weighted by molar-refractivity contribution is 0.184. The number of hydrogen-bond donors (Lipinski definition) is 4. The average molecular weight is 534 g/mol. The maximum Gasteiger partial charge on any atom is 0.191 e. The third-order valence-electron chi connectivity index (χ3n) is 4.53. The molecule has 0 radical (unpaired) electrons. The first-order valence-electron chi connectivity index (χ1n) is 9.28. The fraction of sp³-hybridized carbons (Fsp3) is 0.190. The summed E-state index contributed by atoms with van der Waals surface area (Å²) >= 11 is 1.61. The molecule has 2 heterocycles. The second-order valence-corrected chi connectivity index (χ2v) is 7.66. The summed E-state index contributed by atoms with van der Waals surface area (Å²) in [5, 5.41) is 24.9. The first-order valence-corrected chi connectivity index (χ1v) is 10.1. The highest BCUT2D eigenvalue weighted by Gasteiger charge is 2.12. The van der Waals surface area contributed by atoms with Crippen molar-refractivity contribution in [2.75, 3.05) is 13.6 Å². The zero-order valence-electron chi connectivity index (χ0n) is 16.4. The molecule has 2 aromatic heterocycles.